The van der Waals surface area contributed by atoms with Gasteiger partial charge in [0.25, 0.3) is 0 Å². The number of carbonyl (C=O) groups excluding carboxylic acids is 1. The normalized spacial score (nSPS) is 11.7. The summed E-state index contributed by atoms with van der Waals surface area (Å²) in [5, 5.41) is 0. The molecule has 0 saturated heterocycles. The van der Waals surface area contributed by atoms with Gasteiger partial charge in [0.15, 0.2) is 6.29 Å². The molecule has 0 amide bonds. The molecule has 15 heavy (non-hydrogen) atoms. The van der Waals surface area contributed by atoms with Crippen LogP contribution in [-0.2, 0) is 10.0 Å². The molecule has 0 spiro atoms. The van der Waals surface area contributed by atoms with Gasteiger partial charge in [-0.15, -0.1) is 0 Å². The third kappa shape index (κ3) is 2.87. The van der Waals surface area contributed by atoms with Gasteiger partial charge in [0.2, 0.25) is 10.0 Å². The number of rotatable bonds is 4. The summed E-state index contributed by atoms with van der Waals surface area (Å²) in [6.07, 6.45) is 0.537. The molecule has 82 valence electrons. The summed E-state index contributed by atoms with van der Waals surface area (Å²) < 4.78 is 25.9. The molecular weight excluding hydrogens is 214 g/mol. The van der Waals surface area contributed by atoms with Crippen LogP contribution in [-0.4, -0.2) is 20.7 Å². The molecule has 0 atom stereocenters. The minimum atomic E-state index is -3.58. The predicted octanol–water partition coefficient (Wildman–Crippen LogP) is 1.19. The molecule has 1 aromatic carbocycles. The first-order valence-corrected chi connectivity index (χ1v) is 6.02. The van der Waals surface area contributed by atoms with Crippen molar-refractivity contribution in [1.82, 2.24) is 4.72 Å². The Kier molecular flexibility index (Phi) is 3.60. The van der Waals surface area contributed by atoms with Crippen LogP contribution in [0.5, 0.6) is 0 Å². The lowest BCUT2D eigenvalue weighted by molar-refractivity contribution is 0.112. The molecular formula is C10H13NO3S. The number of carbonyl (C=O) groups is 1. The average molecular weight is 227 g/mol. The Bertz CT molecular complexity index is 451. The Balaban J connectivity index is 3.21. The van der Waals surface area contributed by atoms with Crippen molar-refractivity contribution in [3.05, 3.63) is 29.8 Å². The zero-order valence-corrected chi connectivity index (χ0v) is 9.41. The molecule has 0 aliphatic rings. The Hall–Kier alpha value is -1.20. The predicted molar refractivity (Wildman–Crippen MR) is 57.3 cm³/mol. The van der Waals surface area contributed by atoms with E-state index >= 15 is 0 Å². The van der Waals surface area contributed by atoms with E-state index in [2.05, 4.69) is 4.72 Å². The molecule has 5 heteroatoms. The molecule has 1 N–H and O–H groups in total. The highest BCUT2D eigenvalue weighted by Crippen LogP contribution is 2.13. The number of sulfonamides is 1. The van der Waals surface area contributed by atoms with E-state index in [9.17, 15) is 13.2 Å². The monoisotopic (exact) mass is 227 g/mol. The lowest BCUT2D eigenvalue weighted by atomic mass is 10.2. The minimum Gasteiger partial charge on any atom is -0.298 e. The van der Waals surface area contributed by atoms with Crippen molar-refractivity contribution in [3.63, 3.8) is 0 Å². The molecule has 4 nitrogen and oxygen atoms in total. The van der Waals surface area contributed by atoms with Crippen LogP contribution >= 0.6 is 0 Å². The van der Waals surface area contributed by atoms with E-state index in [0.29, 0.717) is 6.29 Å². The van der Waals surface area contributed by atoms with Crippen LogP contribution < -0.4 is 4.72 Å². The van der Waals surface area contributed by atoms with Crippen LogP contribution in [0, 0.1) is 0 Å². The fourth-order valence-corrected chi connectivity index (χ4v) is 2.63. The Morgan fingerprint density at radius 3 is 2.40 bits per heavy atom. The largest absolute Gasteiger partial charge is 0.298 e. The molecule has 0 aliphatic heterocycles. The second-order valence-corrected chi connectivity index (χ2v) is 5.11. The van der Waals surface area contributed by atoms with Crippen molar-refractivity contribution < 1.29 is 13.2 Å². The maximum absolute atomic E-state index is 11.8. The molecule has 0 aromatic heterocycles. The van der Waals surface area contributed by atoms with Gasteiger partial charge in [-0.05, 0) is 19.9 Å². The van der Waals surface area contributed by atoms with Gasteiger partial charge in [0.1, 0.15) is 0 Å². The summed E-state index contributed by atoms with van der Waals surface area (Å²) in [6, 6.07) is 5.89. The summed E-state index contributed by atoms with van der Waals surface area (Å²) in [4.78, 5) is 10.7. The van der Waals surface area contributed by atoms with Crippen molar-refractivity contribution in [2.45, 2.75) is 24.8 Å². The van der Waals surface area contributed by atoms with E-state index in [-0.39, 0.29) is 16.5 Å². The van der Waals surface area contributed by atoms with Crippen molar-refractivity contribution in [2.75, 3.05) is 0 Å². The topological polar surface area (TPSA) is 63.2 Å². The number of aldehydes is 1. The number of benzene rings is 1. The van der Waals surface area contributed by atoms with Crippen LogP contribution in [0.25, 0.3) is 0 Å². The molecule has 1 rings (SSSR count). The molecule has 0 aliphatic carbocycles. The van der Waals surface area contributed by atoms with Crippen molar-refractivity contribution in [2.24, 2.45) is 0 Å². The van der Waals surface area contributed by atoms with Crippen LogP contribution in [0.2, 0.25) is 0 Å². The minimum absolute atomic E-state index is 0.0219. The first-order chi connectivity index (χ1) is 6.97. The van der Waals surface area contributed by atoms with Gasteiger partial charge in [-0.25, -0.2) is 13.1 Å². The summed E-state index contributed by atoms with van der Waals surface area (Å²) in [6.45, 7) is 3.45. The zero-order chi connectivity index (χ0) is 11.5. The first-order valence-electron chi connectivity index (χ1n) is 4.54. The van der Waals surface area contributed by atoms with Crippen LogP contribution in [0.3, 0.4) is 0 Å². The molecule has 0 heterocycles. The maximum Gasteiger partial charge on any atom is 0.241 e. The van der Waals surface area contributed by atoms with Gasteiger partial charge in [-0.1, -0.05) is 18.2 Å². The number of nitrogens with one attached hydrogen (secondary N) is 1. The molecule has 1 aromatic rings. The van der Waals surface area contributed by atoms with Crippen molar-refractivity contribution in [1.29, 1.82) is 0 Å². The Labute approximate surface area is 89.4 Å². The van der Waals surface area contributed by atoms with Gasteiger partial charge < -0.3 is 0 Å². The van der Waals surface area contributed by atoms with E-state index in [0.717, 1.165) is 0 Å². The van der Waals surface area contributed by atoms with Crippen LogP contribution in [0.15, 0.2) is 29.2 Å². The van der Waals surface area contributed by atoms with Gasteiger partial charge in [0, 0.05) is 11.6 Å². The van der Waals surface area contributed by atoms with Crippen LogP contribution in [0.4, 0.5) is 0 Å². The second kappa shape index (κ2) is 4.55. The van der Waals surface area contributed by atoms with Crippen molar-refractivity contribution in [3.8, 4) is 0 Å². The molecule has 0 fully saturated rings. The third-order valence-electron chi connectivity index (χ3n) is 1.73. The number of hydrogen-bond acceptors (Lipinski definition) is 3. The van der Waals surface area contributed by atoms with E-state index in [1.807, 2.05) is 0 Å². The molecule has 0 bridgehead atoms. The highest BCUT2D eigenvalue weighted by molar-refractivity contribution is 7.89. The van der Waals surface area contributed by atoms with Crippen LogP contribution in [0.1, 0.15) is 24.2 Å². The highest BCUT2D eigenvalue weighted by Gasteiger charge is 2.18. The molecule has 0 saturated carbocycles. The van der Waals surface area contributed by atoms with E-state index < -0.39 is 10.0 Å². The molecule has 0 unspecified atom stereocenters. The van der Waals surface area contributed by atoms with E-state index in [1.54, 1.807) is 26.0 Å². The lowest BCUT2D eigenvalue weighted by Crippen LogP contribution is -2.30. The van der Waals surface area contributed by atoms with E-state index in [1.165, 1.54) is 12.1 Å². The van der Waals surface area contributed by atoms with Gasteiger partial charge in [-0.3, -0.25) is 4.79 Å². The fourth-order valence-electron chi connectivity index (χ4n) is 1.20. The van der Waals surface area contributed by atoms with Gasteiger partial charge >= 0.3 is 0 Å². The fraction of sp³-hybridized carbons (Fsp3) is 0.300. The smallest absolute Gasteiger partial charge is 0.241 e. The highest BCUT2D eigenvalue weighted by atomic mass is 32.2. The standard InChI is InChI=1S/C10H13NO3S/c1-8(2)11-15(13,14)10-6-4-3-5-9(10)7-12/h3-8,11H,1-2H3. The molecule has 0 radical (unpaired) electrons. The third-order valence-corrected chi connectivity index (χ3v) is 3.46. The SMILES string of the molecule is CC(C)NS(=O)(=O)c1ccccc1C=O. The summed E-state index contributed by atoms with van der Waals surface area (Å²) in [5.74, 6) is 0. The van der Waals surface area contributed by atoms with Gasteiger partial charge in [-0.2, -0.15) is 0 Å². The Morgan fingerprint density at radius 1 is 1.27 bits per heavy atom. The van der Waals surface area contributed by atoms with E-state index in [4.69, 9.17) is 0 Å². The second-order valence-electron chi connectivity index (χ2n) is 3.43. The van der Waals surface area contributed by atoms with Crippen molar-refractivity contribution >= 4 is 16.3 Å². The summed E-state index contributed by atoms with van der Waals surface area (Å²) in [5.41, 5.74) is 0.172. The lowest BCUT2D eigenvalue weighted by Gasteiger charge is -2.10. The maximum atomic E-state index is 11.8. The zero-order valence-electron chi connectivity index (χ0n) is 8.60. The Morgan fingerprint density at radius 2 is 1.87 bits per heavy atom. The quantitative estimate of drug-likeness (QED) is 0.786. The average Bonchev–Trinajstić information content (AvgIpc) is 2.16. The summed E-state index contributed by atoms with van der Waals surface area (Å²) >= 11 is 0. The number of hydrogen-bond donors (Lipinski definition) is 1. The first kappa shape index (κ1) is 11.9. The summed E-state index contributed by atoms with van der Waals surface area (Å²) in [7, 11) is -3.58. The van der Waals surface area contributed by atoms with Gasteiger partial charge in [0.05, 0.1) is 4.90 Å².